The number of nitrogens with one attached hydrogen (secondary N) is 1. The second-order valence-electron chi connectivity index (χ2n) is 5.52. The molecule has 1 atom stereocenters. The Morgan fingerprint density at radius 1 is 1.25 bits per heavy atom. The molecule has 3 aromatic rings. The van der Waals surface area contributed by atoms with E-state index in [4.69, 9.17) is 9.15 Å². The molecular weight excluding hydrogens is 304 g/mol. The van der Waals surface area contributed by atoms with E-state index in [0.29, 0.717) is 12.3 Å². The summed E-state index contributed by atoms with van der Waals surface area (Å²) in [5.41, 5.74) is 2.15. The predicted octanol–water partition coefficient (Wildman–Crippen LogP) is 3.60. The topological polar surface area (TPSA) is 67.5 Å². The van der Waals surface area contributed by atoms with Crippen LogP contribution in [0.2, 0.25) is 0 Å². The van der Waals surface area contributed by atoms with Crippen LogP contribution in [0.25, 0.3) is 0 Å². The van der Waals surface area contributed by atoms with Gasteiger partial charge in [0.2, 0.25) is 0 Å². The summed E-state index contributed by atoms with van der Waals surface area (Å²) in [6.45, 7) is 2.61. The summed E-state index contributed by atoms with van der Waals surface area (Å²) >= 11 is 0. The van der Waals surface area contributed by atoms with Crippen molar-refractivity contribution in [1.82, 2.24) is 10.3 Å². The van der Waals surface area contributed by atoms with Gasteiger partial charge in [0.15, 0.2) is 0 Å². The summed E-state index contributed by atoms with van der Waals surface area (Å²) < 4.78 is 11.2. The van der Waals surface area contributed by atoms with Crippen LogP contribution in [0.15, 0.2) is 65.5 Å². The minimum atomic E-state index is -0.216. The highest BCUT2D eigenvalue weighted by molar-refractivity contribution is 5.39. The Hall–Kier alpha value is -2.63. The number of aromatic nitrogens is 1. The van der Waals surface area contributed by atoms with E-state index >= 15 is 0 Å². The molecule has 0 aliphatic rings. The molecule has 0 radical (unpaired) electrons. The lowest BCUT2D eigenvalue weighted by Crippen LogP contribution is -2.23. The third-order valence-corrected chi connectivity index (χ3v) is 3.72. The van der Waals surface area contributed by atoms with E-state index in [2.05, 4.69) is 16.4 Å². The first kappa shape index (κ1) is 16.2. The van der Waals surface area contributed by atoms with Gasteiger partial charge in [0.25, 0.3) is 0 Å². The molecule has 0 bridgehead atoms. The van der Waals surface area contributed by atoms with Crippen LogP contribution in [-0.2, 0) is 6.54 Å². The maximum Gasteiger partial charge on any atom is 0.145 e. The molecular formula is C19H20N2O3. The molecule has 2 N–H and O–H groups in total. The molecule has 0 fully saturated rings. The van der Waals surface area contributed by atoms with Gasteiger partial charge in [-0.3, -0.25) is 4.98 Å². The standard InChI is InChI=1S/C19H20N2O3/c1-14-10-15(11-21-17(13-22)19-5-3-9-23-19)6-7-18(14)24-16-4-2-8-20-12-16/h2-10,12,17,21-22H,11,13H2,1H3. The highest BCUT2D eigenvalue weighted by atomic mass is 16.5. The van der Waals surface area contributed by atoms with Crippen molar-refractivity contribution < 1.29 is 14.3 Å². The number of ether oxygens (including phenoxy) is 1. The fourth-order valence-electron chi connectivity index (χ4n) is 2.46. The Bertz CT molecular complexity index is 758. The Balaban J connectivity index is 1.64. The summed E-state index contributed by atoms with van der Waals surface area (Å²) in [6, 6.07) is 13.2. The van der Waals surface area contributed by atoms with Crippen LogP contribution in [0.1, 0.15) is 22.9 Å². The molecule has 5 nitrogen and oxygen atoms in total. The second kappa shape index (κ2) is 7.77. The number of benzene rings is 1. The monoisotopic (exact) mass is 324 g/mol. The zero-order valence-corrected chi connectivity index (χ0v) is 13.5. The SMILES string of the molecule is Cc1cc(CNC(CO)c2ccco2)ccc1Oc1cccnc1. The lowest BCUT2D eigenvalue weighted by atomic mass is 10.1. The number of hydrogen-bond donors (Lipinski definition) is 2. The van der Waals surface area contributed by atoms with Gasteiger partial charge in [0.1, 0.15) is 17.3 Å². The molecule has 124 valence electrons. The van der Waals surface area contributed by atoms with E-state index in [-0.39, 0.29) is 12.6 Å². The number of aryl methyl sites for hydroxylation is 1. The van der Waals surface area contributed by atoms with Crippen molar-refractivity contribution in [2.45, 2.75) is 19.5 Å². The number of aliphatic hydroxyl groups is 1. The second-order valence-corrected chi connectivity index (χ2v) is 5.52. The summed E-state index contributed by atoms with van der Waals surface area (Å²) in [6.07, 6.45) is 5.00. The van der Waals surface area contributed by atoms with Crippen molar-refractivity contribution in [3.05, 3.63) is 78.0 Å². The molecule has 0 saturated heterocycles. The van der Waals surface area contributed by atoms with E-state index in [1.165, 1.54) is 0 Å². The van der Waals surface area contributed by atoms with Crippen molar-refractivity contribution in [1.29, 1.82) is 0 Å². The highest BCUT2D eigenvalue weighted by Crippen LogP contribution is 2.25. The predicted molar refractivity (Wildman–Crippen MR) is 90.9 cm³/mol. The van der Waals surface area contributed by atoms with Crippen LogP contribution >= 0.6 is 0 Å². The molecule has 24 heavy (non-hydrogen) atoms. The fourth-order valence-corrected chi connectivity index (χ4v) is 2.46. The van der Waals surface area contributed by atoms with Crippen LogP contribution in [0.4, 0.5) is 0 Å². The molecule has 1 aromatic carbocycles. The first-order valence-corrected chi connectivity index (χ1v) is 7.81. The molecule has 0 spiro atoms. The third kappa shape index (κ3) is 4.01. The fraction of sp³-hybridized carbons (Fsp3) is 0.211. The van der Waals surface area contributed by atoms with E-state index in [9.17, 15) is 5.11 Å². The van der Waals surface area contributed by atoms with E-state index < -0.39 is 0 Å². The highest BCUT2D eigenvalue weighted by Gasteiger charge is 2.12. The average Bonchev–Trinajstić information content (AvgIpc) is 3.13. The average molecular weight is 324 g/mol. The lowest BCUT2D eigenvalue weighted by molar-refractivity contribution is 0.225. The molecule has 0 amide bonds. The van der Waals surface area contributed by atoms with Crippen molar-refractivity contribution in [2.75, 3.05) is 6.61 Å². The maximum absolute atomic E-state index is 9.49. The number of pyridine rings is 1. The lowest BCUT2D eigenvalue weighted by Gasteiger charge is -2.15. The van der Waals surface area contributed by atoms with Gasteiger partial charge < -0.3 is 19.6 Å². The third-order valence-electron chi connectivity index (χ3n) is 3.72. The largest absolute Gasteiger partial charge is 0.468 e. The first-order valence-electron chi connectivity index (χ1n) is 7.81. The Morgan fingerprint density at radius 3 is 2.83 bits per heavy atom. The van der Waals surface area contributed by atoms with Gasteiger partial charge in [0.05, 0.1) is 25.1 Å². The molecule has 0 aliphatic heterocycles. The quantitative estimate of drug-likeness (QED) is 0.695. The molecule has 0 saturated carbocycles. The smallest absolute Gasteiger partial charge is 0.145 e. The van der Waals surface area contributed by atoms with Gasteiger partial charge in [-0.25, -0.2) is 0 Å². The van der Waals surface area contributed by atoms with Gasteiger partial charge in [-0.2, -0.15) is 0 Å². The molecule has 1 unspecified atom stereocenters. The van der Waals surface area contributed by atoms with E-state index in [1.54, 1.807) is 18.7 Å². The Labute approximate surface area is 140 Å². The van der Waals surface area contributed by atoms with Crippen LogP contribution in [0.5, 0.6) is 11.5 Å². The zero-order chi connectivity index (χ0) is 16.8. The Kier molecular flexibility index (Phi) is 5.25. The van der Waals surface area contributed by atoms with Gasteiger partial charge in [-0.15, -0.1) is 0 Å². The van der Waals surface area contributed by atoms with Gasteiger partial charge >= 0.3 is 0 Å². The summed E-state index contributed by atoms with van der Waals surface area (Å²) in [5, 5.41) is 12.8. The van der Waals surface area contributed by atoms with Crippen LogP contribution in [0, 0.1) is 6.92 Å². The minimum absolute atomic E-state index is 0.0191. The normalized spacial score (nSPS) is 12.1. The first-order chi connectivity index (χ1) is 11.8. The van der Waals surface area contributed by atoms with E-state index in [0.717, 1.165) is 22.6 Å². The van der Waals surface area contributed by atoms with Crippen molar-refractivity contribution in [3.8, 4) is 11.5 Å². The molecule has 2 heterocycles. The maximum atomic E-state index is 9.49. The van der Waals surface area contributed by atoms with Crippen LogP contribution in [-0.4, -0.2) is 16.7 Å². The molecule has 0 aliphatic carbocycles. The number of hydrogen-bond acceptors (Lipinski definition) is 5. The number of rotatable bonds is 7. The number of furan rings is 1. The molecule has 2 aromatic heterocycles. The van der Waals surface area contributed by atoms with Gasteiger partial charge in [-0.1, -0.05) is 12.1 Å². The zero-order valence-electron chi connectivity index (χ0n) is 13.5. The van der Waals surface area contributed by atoms with Crippen LogP contribution in [0.3, 0.4) is 0 Å². The van der Waals surface area contributed by atoms with Gasteiger partial charge in [-0.05, 0) is 48.4 Å². The summed E-state index contributed by atoms with van der Waals surface area (Å²) in [4.78, 5) is 4.04. The van der Waals surface area contributed by atoms with Gasteiger partial charge in [0, 0.05) is 12.7 Å². The minimum Gasteiger partial charge on any atom is -0.468 e. The number of nitrogens with zero attached hydrogens (tertiary/aromatic N) is 1. The van der Waals surface area contributed by atoms with Crippen molar-refractivity contribution in [3.63, 3.8) is 0 Å². The molecule has 3 rings (SSSR count). The van der Waals surface area contributed by atoms with Crippen molar-refractivity contribution >= 4 is 0 Å². The summed E-state index contributed by atoms with van der Waals surface area (Å²) in [7, 11) is 0. The number of aliphatic hydroxyl groups excluding tert-OH is 1. The Morgan fingerprint density at radius 2 is 2.17 bits per heavy atom. The summed E-state index contributed by atoms with van der Waals surface area (Å²) in [5.74, 6) is 2.24. The van der Waals surface area contributed by atoms with Crippen LogP contribution < -0.4 is 10.1 Å². The molecule has 5 heteroatoms. The van der Waals surface area contributed by atoms with Crippen molar-refractivity contribution in [2.24, 2.45) is 0 Å². The van der Waals surface area contributed by atoms with E-state index in [1.807, 2.05) is 43.3 Å².